The third-order valence-corrected chi connectivity index (χ3v) is 6.30. The first-order chi connectivity index (χ1) is 10.6. The Morgan fingerprint density at radius 2 is 1.70 bits per heavy atom. The van der Waals surface area contributed by atoms with Crippen LogP contribution >= 0.6 is 0 Å². The van der Waals surface area contributed by atoms with Crippen LogP contribution in [0, 0.1) is 0 Å². The van der Waals surface area contributed by atoms with Gasteiger partial charge in [0.2, 0.25) is 20.0 Å². The summed E-state index contributed by atoms with van der Waals surface area (Å²) in [4.78, 5) is 0. The lowest BCUT2D eigenvalue weighted by molar-refractivity contribution is 0.360. The fourth-order valence-electron chi connectivity index (χ4n) is 2.30. The van der Waals surface area contributed by atoms with E-state index < -0.39 is 20.0 Å². The standard InChI is InChI=1S/C15H26N2O4S2/c1-14(2)17(22(3,18)19)12-11-16-23(20,21)13-7-10-15-8-5-4-6-9-15/h4-6,8-9,14,16H,7,10-13H2,1-3H3. The van der Waals surface area contributed by atoms with Gasteiger partial charge in [0, 0.05) is 19.1 Å². The summed E-state index contributed by atoms with van der Waals surface area (Å²) in [5.41, 5.74) is 1.10. The minimum absolute atomic E-state index is 0.0302. The number of rotatable bonds is 10. The predicted molar refractivity (Wildman–Crippen MR) is 93.2 cm³/mol. The van der Waals surface area contributed by atoms with Gasteiger partial charge in [-0.1, -0.05) is 30.3 Å². The SMILES string of the molecule is CC(C)N(CCNS(=O)(=O)CCCc1ccccc1)S(C)(=O)=O. The Bertz CT molecular complexity index is 671. The first kappa shape index (κ1) is 20.1. The molecule has 0 radical (unpaired) electrons. The highest BCUT2D eigenvalue weighted by Crippen LogP contribution is 2.05. The zero-order valence-corrected chi connectivity index (χ0v) is 15.5. The van der Waals surface area contributed by atoms with Crippen molar-refractivity contribution in [1.82, 2.24) is 9.03 Å². The molecule has 23 heavy (non-hydrogen) atoms. The molecule has 0 saturated carbocycles. The van der Waals surface area contributed by atoms with Crippen LogP contribution in [-0.2, 0) is 26.5 Å². The molecule has 0 aromatic heterocycles. The summed E-state index contributed by atoms with van der Waals surface area (Å²) >= 11 is 0. The molecule has 0 heterocycles. The predicted octanol–water partition coefficient (Wildman–Crippen LogP) is 1.21. The fraction of sp³-hybridized carbons (Fsp3) is 0.600. The highest BCUT2D eigenvalue weighted by Gasteiger charge is 2.20. The van der Waals surface area contributed by atoms with Crippen molar-refractivity contribution < 1.29 is 16.8 Å². The van der Waals surface area contributed by atoms with Crippen LogP contribution in [0.15, 0.2) is 30.3 Å². The van der Waals surface area contributed by atoms with Gasteiger partial charge in [-0.2, -0.15) is 4.31 Å². The molecule has 0 fully saturated rings. The molecular formula is C15H26N2O4S2. The summed E-state index contributed by atoms with van der Waals surface area (Å²) < 4.78 is 50.8. The monoisotopic (exact) mass is 362 g/mol. The average molecular weight is 363 g/mol. The van der Waals surface area contributed by atoms with E-state index >= 15 is 0 Å². The van der Waals surface area contributed by atoms with Crippen molar-refractivity contribution in [3.8, 4) is 0 Å². The van der Waals surface area contributed by atoms with E-state index in [1.54, 1.807) is 13.8 Å². The van der Waals surface area contributed by atoms with Crippen molar-refractivity contribution in [2.75, 3.05) is 25.1 Å². The Labute approximate surface area is 140 Å². The molecule has 1 aromatic carbocycles. The van der Waals surface area contributed by atoms with Gasteiger partial charge in [-0.05, 0) is 32.3 Å². The van der Waals surface area contributed by atoms with Crippen molar-refractivity contribution in [1.29, 1.82) is 0 Å². The molecule has 0 spiro atoms. The highest BCUT2D eigenvalue weighted by molar-refractivity contribution is 7.89. The number of nitrogens with zero attached hydrogens (tertiary/aromatic N) is 1. The molecule has 0 aliphatic heterocycles. The van der Waals surface area contributed by atoms with Crippen molar-refractivity contribution in [3.05, 3.63) is 35.9 Å². The molecule has 132 valence electrons. The smallest absolute Gasteiger partial charge is 0.211 e. The molecule has 0 aliphatic rings. The van der Waals surface area contributed by atoms with Crippen LogP contribution in [0.2, 0.25) is 0 Å². The molecule has 6 nitrogen and oxygen atoms in total. The third kappa shape index (κ3) is 7.92. The van der Waals surface area contributed by atoms with E-state index in [1.807, 2.05) is 30.3 Å². The molecule has 0 amide bonds. The molecule has 1 rings (SSSR count). The van der Waals surface area contributed by atoms with E-state index in [1.165, 1.54) is 4.31 Å². The summed E-state index contributed by atoms with van der Waals surface area (Å²) in [6.07, 6.45) is 2.35. The lowest BCUT2D eigenvalue weighted by Gasteiger charge is -2.23. The van der Waals surface area contributed by atoms with Crippen molar-refractivity contribution in [2.24, 2.45) is 0 Å². The summed E-state index contributed by atoms with van der Waals surface area (Å²) in [5.74, 6) is 0.0302. The Kier molecular flexibility index (Phi) is 7.66. The van der Waals surface area contributed by atoms with Gasteiger partial charge in [-0.15, -0.1) is 0 Å². The topological polar surface area (TPSA) is 83.6 Å². The van der Waals surface area contributed by atoms with Crippen molar-refractivity contribution in [2.45, 2.75) is 32.7 Å². The van der Waals surface area contributed by atoms with Gasteiger partial charge in [-0.3, -0.25) is 0 Å². The minimum Gasteiger partial charge on any atom is -0.214 e. The van der Waals surface area contributed by atoms with E-state index in [4.69, 9.17) is 0 Å². The quantitative estimate of drug-likeness (QED) is 0.678. The van der Waals surface area contributed by atoms with Gasteiger partial charge >= 0.3 is 0 Å². The Hall–Kier alpha value is -0.960. The molecular weight excluding hydrogens is 336 g/mol. The minimum atomic E-state index is -3.39. The van der Waals surface area contributed by atoms with Crippen LogP contribution in [0.1, 0.15) is 25.8 Å². The first-order valence-corrected chi connectivity index (χ1v) is 11.1. The number of aryl methyl sites for hydroxylation is 1. The summed E-state index contributed by atoms with van der Waals surface area (Å²) in [6.45, 7) is 3.73. The Morgan fingerprint density at radius 1 is 1.09 bits per heavy atom. The summed E-state index contributed by atoms with van der Waals surface area (Å²) in [5, 5.41) is 0. The molecule has 0 unspecified atom stereocenters. The number of sulfonamides is 2. The maximum absolute atomic E-state index is 11.9. The maximum atomic E-state index is 11.9. The lowest BCUT2D eigenvalue weighted by Crippen LogP contribution is -2.42. The van der Waals surface area contributed by atoms with Gasteiger partial charge in [0.1, 0.15) is 0 Å². The fourth-order valence-corrected chi connectivity index (χ4v) is 4.56. The van der Waals surface area contributed by atoms with Gasteiger partial charge in [0.15, 0.2) is 0 Å². The van der Waals surface area contributed by atoms with E-state index in [2.05, 4.69) is 4.72 Å². The van der Waals surface area contributed by atoms with Crippen molar-refractivity contribution >= 4 is 20.0 Å². The number of hydrogen-bond donors (Lipinski definition) is 1. The van der Waals surface area contributed by atoms with Crippen LogP contribution in [0.3, 0.4) is 0 Å². The Morgan fingerprint density at radius 3 is 2.22 bits per heavy atom. The van der Waals surface area contributed by atoms with Gasteiger partial charge < -0.3 is 0 Å². The summed E-state index contributed by atoms with van der Waals surface area (Å²) in [7, 11) is -6.73. The normalized spacial score (nSPS) is 12.9. The average Bonchev–Trinajstić information content (AvgIpc) is 2.42. The molecule has 8 heteroatoms. The Balaban J connectivity index is 2.40. The van der Waals surface area contributed by atoms with E-state index in [0.717, 1.165) is 11.8 Å². The van der Waals surface area contributed by atoms with Gasteiger partial charge in [0.05, 0.1) is 12.0 Å². The molecule has 0 atom stereocenters. The molecule has 0 bridgehead atoms. The summed E-state index contributed by atoms with van der Waals surface area (Å²) in [6, 6.07) is 9.50. The molecule has 0 aliphatic carbocycles. The second-order valence-electron chi connectivity index (χ2n) is 5.77. The zero-order chi connectivity index (χ0) is 17.5. The zero-order valence-electron chi connectivity index (χ0n) is 13.9. The van der Waals surface area contributed by atoms with Crippen LogP contribution < -0.4 is 4.72 Å². The number of nitrogens with one attached hydrogen (secondary N) is 1. The van der Waals surface area contributed by atoms with Gasteiger partial charge in [-0.25, -0.2) is 21.6 Å². The van der Waals surface area contributed by atoms with Crippen LogP contribution in [0.4, 0.5) is 0 Å². The van der Waals surface area contributed by atoms with Crippen molar-refractivity contribution in [3.63, 3.8) is 0 Å². The molecule has 0 saturated heterocycles. The van der Waals surface area contributed by atoms with E-state index in [9.17, 15) is 16.8 Å². The first-order valence-electron chi connectivity index (χ1n) is 7.60. The number of hydrogen-bond acceptors (Lipinski definition) is 4. The highest BCUT2D eigenvalue weighted by atomic mass is 32.2. The van der Waals surface area contributed by atoms with Crippen LogP contribution in [-0.4, -0.2) is 52.3 Å². The maximum Gasteiger partial charge on any atom is 0.211 e. The largest absolute Gasteiger partial charge is 0.214 e. The second-order valence-corrected chi connectivity index (χ2v) is 9.63. The molecule has 1 aromatic rings. The second kappa shape index (κ2) is 8.77. The third-order valence-electron chi connectivity index (χ3n) is 3.38. The lowest BCUT2D eigenvalue weighted by atomic mass is 10.1. The molecule has 1 N–H and O–H groups in total. The van der Waals surface area contributed by atoms with E-state index in [0.29, 0.717) is 12.8 Å². The van der Waals surface area contributed by atoms with Crippen LogP contribution in [0.5, 0.6) is 0 Å². The van der Waals surface area contributed by atoms with Crippen LogP contribution in [0.25, 0.3) is 0 Å². The van der Waals surface area contributed by atoms with E-state index in [-0.39, 0.29) is 24.9 Å². The van der Waals surface area contributed by atoms with Gasteiger partial charge in [0.25, 0.3) is 0 Å². The number of benzene rings is 1.